The van der Waals surface area contributed by atoms with E-state index in [1.807, 2.05) is 24.3 Å². The lowest BCUT2D eigenvalue weighted by Crippen LogP contribution is -2.44. The number of hydrogen-bond acceptors (Lipinski definition) is 2. The molecule has 3 nitrogen and oxygen atoms in total. The van der Waals surface area contributed by atoms with Crippen LogP contribution < -0.4 is 11.1 Å². The minimum atomic E-state index is 0.104. The predicted octanol–water partition coefficient (Wildman–Crippen LogP) is 2.56. The van der Waals surface area contributed by atoms with E-state index in [0.29, 0.717) is 13.0 Å². The molecule has 0 radical (unpaired) electrons. The van der Waals surface area contributed by atoms with Crippen LogP contribution in [0.1, 0.15) is 43.2 Å². The molecule has 0 spiro atoms. The van der Waals surface area contributed by atoms with Gasteiger partial charge in [-0.15, -0.1) is 0 Å². The molecule has 3 heteroatoms. The van der Waals surface area contributed by atoms with Crippen LogP contribution >= 0.6 is 0 Å². The molecule has 2 rings (SSSR count). The number of rotatable bonds is 5. The van der Waals surface area contributed by atoms with Crippen molar-refractivity contribution in [3.63, 3.8) is 0 Å². The molecule has 1 aliphatic carbocycles. The van der Waals surface area contributed by atoms with E-state index in [9.17, 15) is 4.79 Å². The van der Waals surface area contributed by atoms with Gasteiger partial charge in [-0.3, -0.25) is 4.79 Å². The first kappa shape index (κ1) is 15.0. The minimum Gasteiger partial charge on any atom is -0.355 e. The Balaban J connectivity index is 1.83. The highest BCUT2D eigenvalue weighted by molar-refractivity contribution is 5.78. The smallest absolute Gasteiger partial charge is 0.224 e. The lowest BCUT2D eigenvalue weighted by molar-refractivity contribution is -0.121. The first-order valence-electron chi connectivity index (χ1n) is 7.66. The third kappa shape index (κ3) is 4.07. The van der Waals surface area contributed by atoms with Gasteiger partial charge >= 0.3 is 0 Å². The second-order valence-electron chi connectivity index (χ2n) is 6.20. The van der Waals surface area contributed by atoms with Crippen molar-refractivity contribution in [1.82, 2.24) is 5.32 Å². The average molecular weight is 274 g/mol. The van der Waals surface area contributed by atoms with Gasteiger partial charge in [-0.1, -0.05) is 49.1 Å². The second kappa shape index (κ2) is 6.89. The first-order chi connectivity index (χ1) is 9.63. The summed E-state index contributed by atoms with van der Waals surface area (Å²) < 4.78 is 0. The zero-order valence-corrected chi connectivity index (χ0v) is 12.5. The third-order valence-corrected chi connectivity index (χ3v) is 4.49. The van der Waals surface area contributed by atoms with Gasteiger partial charge in [0.15, 0.2) is 0 Å². The Morgan fingerprint density at radius 2 is 1.85 bits per heavy atom. The summed E-state index contributed by atoms with van der Waals surface area (Å²) >= 11 is 0. The number of benzene rings is 1. The van der Waals surface area contributed by atoms with Crippen LogP contribution in [0.5, 0.6) is 0 Å². The molecule has 1 saturated carbocycles. The van der Waals surface area contributed by atoms with Crippen LogP contribution in [0.15, 0.2) is 24.3 Å². The van der Waals surface area contributed by atoms with Crippen LogP contribution in [0.3, 0.4) is 0 Å². The highest BCUT2D eigenvalue weighted by atomic mass is 16.1. The second-order valence-corrected chi connectivity index (χ2v) is 6.20. The Morgan fingerprint density at radius 3 is 2.45 bits per heavy atom. The molecule has 1 aromatic rings. The van der Waals surface area contributed by atoms with Gasteiger partial charge in [0.1, 0.15) is 0 Å². The minimum absolute atomic E-state index is 0.104. The van der Waals surface area contributed by atoms with Crippen LogP contribution in [0.25, 0.3) is 0 Å². The molecule has 0 saturated heterocycles. The first-order valence-corrected chi connectivity index (χ1v) is 7.66. The number of nitrogens with two attached hydrogens (primary N) is 1. The highest BCUT2D eigenvalue weighted by Crippen LogP contribution is 2.34. The molecular formula is C17H26N2O. The Morgan fingerprint density at radius 1 is 1.20 bits per heavy atom. The Hall–Kier alpha value is -1.35. The van der Waals surface area contributed by atoms with E-state index in [2.05, 4.69) is 12.2 Å². The summed E-state index contributed by atoms with van der Waals surface area (Å²) in [4.78, 5) is 12.0. The van der Waals surface area contributed by atoms with Gasteiger partial charge < -0.3 is 11.1 Å². The van der Waals surface area contributed by atoms with E-state index in [4.69, 9.17) is 5.73 Å². The molecule has 0 atom stereocenters. The fraction of sp³-hybridized carbons (Fsp3) is 0.588. The third-order valence-electron chi connectivity index (χ3n) is 4.49. The number of carbonyl (C=O) groups excluding carboxylic acids is 1. The van der Waals surface area contributed by atoms with Gasteiger partial charge in [-0.2, -0.15) is 0 Å². The van der Waals surface area contributed by atoms with Gasteiger partial charge in [-0.05, 0) is 37.3 Å². The molecule has 0 bridgehead atoms. The summed E-state index contributed by atoms with van der Waals surface area (Å²) in [6, 6.07) is 8.14. The van der Waals surface area contributed by atoms with Crippen LogP contribution in [-0.2, 0) is 11.2 Å². The maximum Gasteiger partial charge on any atom is 0.224 e. The number of hydrogen-bond donors (Lipinski definition) is 2. The van der Waals surface area contributed by atoms with E-state index in [0.717, 1.165) is 24.9 Å². The van der Waals surface area contributed by atoms with Crippen molar-refractivity contribution < 1.29 is 4.79 Å². The van der Waals surface area contributed by atoms with E-state index < -0.39 is 0 Å². The molecule has 0 aromatic heterocycles. The quantitative estimate of drug-likeness (QED) is 0.867. The molecule has 0 unspecified atom stereocenters. The average Bonchev–Trinajstić information content (AvgIpc) is 2.49. The summed E-state index contributed by atoms with van der Waals surface area (Å²) in [7, 11) is 0. The molecule has 0 aliphatic heterocycles. The lowest BCUT2D eigenvalue weighted by atomic mass is 9.74. The summed E-state index contributed by atoms with van der Waals surface area (Å²) in [6.07, 6.45) is 6.54. The molecule has 1 fully saturated rings. The molecular weight excluding hydrogens is 248 g/mol. The van der Waals surface area contributed by atoms with Crippen molar-refractivity contribution in [2.75, 3.05) is 13.1 Å². The maximum absolute atomic E-state index is 12.0. The largest absolute Gasteiger partial charge is 0.355 e. The fourth-order valence-corrected chi connectivity index (χ4v) is 2.99. The molecule has 1 aromatic carbocycles. The standard InChI is InChI=1S/C17H26N2O/c1-14-5-7-15(8-6-14)11-16(20)19-13-17(12-18)9-3-2-4-10-17/h5-8H,2-4,9-13,18H2,1H3,(H,19,20). The van der Waals surface area contributed by atoms with Crippen molar-refractivity contribution in [2.45, 2.75) is 45.4 Å². The molecule has 1 amide bonds. The Bertz CT molecular complexity index is 433. The monoisotopic (exact) mass is 274 g/mol. The van der Waals surface area contributed by atoms with E-state index in [1.54, 1.807) is 0 Å². The van der Waals surface area contributed by atoms with E-state index in [-0.39, 0.29) is 11.3 Å². The molecule has 3 N–H and O–H groups in total. The van der Waals surface area contributed by atoms with Gasteiger partial charge in [0.25, 0.3) is 0 Å². The predicted molar refractivity (Wildman–Crippen MR) is 82.5 cm³/mol. The van der Waals surface area contributed by atoms with Gasteiger partial charge in [0.05, 0.1) is 6.42 Å². The van der Waals surface area contributed by atoms with Gasteiger partial charge in [0.2, 0.25) is 5.91 Å². The van der Waals surface area contributed by atoms with Gasteiger partial charge in [0, 0.05) is 6.54 Å². The van der Waals surface area contributed by atoms with Crippen LogP contribution in [0, 0.1) is 12.3 Å². The summed E-state index contributed by atoms with van der Waals surface area (Å²) in [5, 5.41) is 3.09. The van der Waals surface area contributed by atoms with E-state index in [1.165, 1.54) is 24.8 Å². The van der Waals surface area contributed by atoms with Crippen molar-refractivity contribution >= 4 is 5.91 Å². The number of amides is 1. The number of carbonyl (C=O) groups is 1. The number of nitrogens with one attached hydrogen (secondary N) is 1. The topological polar surface area (TPSA) is 55.1 Å². The van der Waals surface area contributed by atoms with Crippen LogP contribution in [0.4, 0.5) is 0 Å². The maximum atomic E-state index is 12.0. The van der Waals surface area contributed by atoms with Crippen molar-refractivity contribution in [3.8, 4) is 0 Å². The summed E-state index contributed by atoms with van der Waals surface area (Å²) in [5.74, 6) is 0.104. The van der Waals surface area contributed by atoms with Crippen molar-refractivity contribution in [1.29, 1.82) is 0 Å². The van der Waals surface area contributed by atoms with E-state index >= 15 is 0 Å². The Labute approximate surface area is 121 Å². The zero-order valence-electron chi connectivity index (χ0n) is 12.5. The van der Waals surface area contributed by atoms with Crippen LogP contribution in [0.2, 0.25) is 0 Å². The molecule has 110 valence electrons. The SMILES string of the molecule is Cc1ccc(CC(=O)NCC2(CN)CCCCC2)cc1. The van der Waals surface area contributed by atoms with Crippen molar-refractivity contribution in [3.05, 3.63) is 35.4 Å². The number of aryl methyl sites for hydroxylation is 1. The Kier molecular flexibility index (Phi) is 5.18. The summed E-state index contributed by atoms with van der Waals surface area (Å²) in [6.45, 7) is 3.46. The highest BCUT2D eigenvalue weighted by Gasteiger charge is 2.30. The summed E-state index contributed by atoms with van der Waals surface area (Å²) in [5.41, 5.74) is 8.37. The normalized spacial score (nSPS) is 17.7. The lowest BCUT2D eigenvalue weighted by Gasteiger charge is -2.36. The van der Waals surface area contributed by atoms with Crippen molar-refractivity contribution in [2.24, 2.45) is 11.1 Å². The fourth-order valence-electron chi connectivity index (χ4n) is 2.99. The van der Waals surface area contributed by atoms with Gasteiger partial charge in [-0.25, -0.2) is 0 Å². The molecule has 0 heterocycles. The zero-order chi connectivity index (χ0) is 14.4. The van der Waals surface area contributed by atoms with Crippen LogP contribution in [-0.4, -0.2) is 19.0 Å². The molecule has 1 aliphatic rings. The molecule has 20 heavy (non-hydrogen) atoms.